The van der Waals surface area contributed by atoms with Gasteiger partial charge in [-0.2, -0.15) is 4.98 Å². The summed E-state index contributed by atoms with van der Waals surface area (Å²) in [5, 5.41) is 0. The van der Waals surface area contributed by atoms with Crippen molar-refractivity contribution in [2.24, 2.45) is 5.73 Å². The third-order valence-electron chi connectivity index (χ3n) is 2.15. The molecule has 0 radical (unpaired) electrons. The topological polar surface area (TPSA) is 55.3 Å². The molecule has 0 spiro atoms. The SMILES string of the molecule is CN(CCN)c1nc2cccc(Br)c2o1. The number of oxazole rings is 1. The number of anilines is 1. The van der Waals surface area contributed by atoms with Crippen molar-refractivity contribution in [1.82, 2.24) is 4.98 Å². The summed E-state index contributed by atoms with van der Waals surface area (Å²) < 4.78 is 6.54. The molecule has 0 aliphatic heterocycles. The van der Waals surface area contributed by atoms with E-state index in [9.17, 15) is 0 Å². The van der Waals surface area contributed by atoms with Gasteiger partial charge in [0.1, 0.15) is 5.52 Å². The van der Waals surface area contributed by atoms with Crippen LogP contribution in [0.25, 0.3) is 11.1 Å². The minimum atomic E-state index is 0.580. The van der Waals surface area contributed by atoms with Crippen LogP contribution in [0.5, 0.6) is 0 Å². The first-order valence-corrected chi connectivity index (χ1v) is 5.48. The Morgan fingerprint density at radius 1 is 1.53 bits per heavy atom. The highest BCUT2D eigenvalue weighted by molar-refractivity contribution is 9.10. The number of halogens is 1. The van der Waals surface area contributed by atoms with E-state index < -0.39 is 0 Å². The lowest BCUT2D eigenvalue weighted by Gasteiger charge is -2.11. The van der Waals surface area contributed by atoms with Gasteiger partial charge < -0.3 is 15.1 Å². The largest absolute Gasteiger partial charge is 0.422 e. The van der Waals surface area contributed by atoms with E-state index in [1.165, 1.54) is 0 Å². The number of likely N-dealkylation sites (N-methyl/N-ethyl adjacent to an activating group) is 1. The summed E-state index contributed by atoms with van der Waals surface area (Å²) in [6.07, 6.45) is 0. The molecule has 0 atom stereocenters. The predicted molar refractivity (Wildman–Crippen MR) is 64.0 cm³/mol. The van der Waals surface area contributed by atoms with Crippen molar-refractivity contribution in [3.8, 4) is 0 Å². The van der Waals surface area contributed by atoms with Crippen molar-refractivity contribution < 1.29 is 4.42 Å². The second-order valence-electron chi connectivity index (χ2n) is 3.29. The molecule has 0 fully saturated rings. The van der Waals surface area contributed by atoms with Crippen molar-refractivity contribution in [3.05, 3.63) is 22.7 Å². The molecule has 0 amide bonds. The fourth-order valence-electron chi connectivity index (χ4n) is 1.36. The van der Waals surface area contributed by atoms with Crippen LogP contribution in [0, 0.1) is 0 Å². The van der Waals surface area contributed by atoms with Crippen molar-refractivity contribution in [2.75, 3.05) is 25.0 Å². The number of fused-ring (bicyclic) bond motifs is 1. The molecule has 0 saturated heterocycles. The van der Waals surface area contributed by atoms with Crippen LogP contribution in [-0.4, -0.2) is 25.1 Å². The minimum Gasteiger partial charge on any atom is -0.422 e. The van der Waals surface area contributed by atoms with Crippen LogP contribution in [0.2, 0.25) is 0 Å². The standard InChI is InChI=1S/C10H12BrN3O/c1-14(6-5-12)10-13-8-4-2-3-7(11)9(8)15-10/h2-4H,5-6,12H2,1H3. The zero-order valence-electron chi connectivity index (χ0n) is 8.40. The van der Waals surface area contributed by atoms with Gasteiger partial charge >= 0.3 is 0 Å². The Balaban J connectivity index is 2.43. The number of benzene rings is 1. The Morgan fingerprint density at radius 3 is 3.00 bits per heavy atom. The molecule has 5 heteroatoms. The summed E-state index contributed by atoms with van der Waals surface area (Å²) in [6, 6.07) is 6.38. The zero-order chi connectivity index (χ0) is 10.8. The van der Waals surface area contributed by atoms with Gasteiger partial charge in [-0.1, -0.05) is 6.07 Å². The lowest BCUT2D eigenvalue weighted by atomic mass is 10.3. The molecule has 4 nitrogen and oxygen atoms in total. The summed E-state index contributed by atoms with van der Waals surface area (Å²) in [7, 11) is 1.91. The molecule has 0 aliphatic rings. The number of hydrogen-bond donors (Lipinski definition) is 1. The predicted octanol–water partition coefficient (Wildman–Crippen LogP) is 1.99. The zero-order valence-corrected chi connectivity index (χ0v) is 9.99. The summed E-state index contributed by atoms with van der Waals surface area (Å²) in [4.78, 5) is 6.26. The quantitative estimate of drug-likeness (QED) is 0.926. The van der Waals surface area contributed by atoms with Gasteiger partial charge in [-0.25, -0.2) is 0 Å². The number of nitrogens with zero attached hydrogens (tertiary/aromatic N) is 2. The van der Waals surface area contributed by atoms with Crippen LogP contribution in [0.15, 0.2) is 27.1 Å². The summed E-state index contributed by atoms with van der Waals surface area (Å²) in [5.41, 5.74) is 7.10. The van der Waals surface area contributed by atoms with Crippen molar-refractivity contribution >= 4 is 33.0 Å². The molecule has 80 valence electrons. The van der Waals surface area contributed by atoms with Gasteiger partial charge in [-0.05, 0) is 28.1 Å². The maximum atomic E-state index is 5.63. The van der Waals surface area contributed by atoms with Crippen LogP contribution in [-0.2, 0) is 0 Å². The Hall–Kier alpha value is -1.07. The third kappa shape index (κ3) is 1.98. The lowest BCUT2D eigenvalue weighted by molar-refractivity contribution is 0.582. The highest BCUT2D eigenvalue weighted by Crippen LogP contribution is 2.27. The van der Waals surface area contributed by atoms with Crippen LogP contribution in [0.1, 0.15) is 0 Å². The first-order chi connectivity index (χ1) is 7.22. The number of rotatable bonds is 3. The fourth-order valence-corrected chi connectivity index (χ4v) is 1.79. The first kappa shape index (κ1) is 10.4. The van der Waals surface area contributed by atoms with Crippen molar-refractivity contribution in [2.45, 2.75) is 0 Å². The number of para-hydroxylation sites is 1. The molecule has 1 aromatic carbocycles. The number of nitrogens with two attached hydrogens (primary N) is 1. The van der Waals surface area contributed by atoms with Gasteiger partial charge in [-0.15, -0.1) is 0 Å². The van der Waals surface area contributed by atoms with Crippen LogP contribution in [0.4, 0.5) is 6.01 Å². The highest BCUT2D eigenvalue weighted by atomic mass is 79.9. The monoisotopic (exact) mass is 269 g/mol. The molecule has 0 saturated carbocycles. The van der Waals surface area contributed by atoms with Crippen LogP contribution >= 0.6 is 15.9 Å². The van der Waals surface area contributed by atoms with E-state index >= 15 is 0 Å². The van der Waals surface area contributed by atoms with Gasteiger partial charge in [0.2, 0.25) is 0 Å². The van der Waals surface area contributed by atoms with Crippen molar-refractivity contribution in [3.63, 3.8) is 0 Å². The Kier molecular flexibility index (Phi) is 2.93. The minimum absolute atomic E-state index is 0.580. The van der Waals surface area contributed by atoms with Gasteiger partial charge in [0, 0.05) is 20.1 Å². The average Bonchev–Trinajstić information content (AvgIpc) is 2.63. The smallest absolute Gasteiger partial charge is 0.298 e. The second kappa shape index (κ2) is 4.20. The van der Waals surface area contributed by atoms with Gasteiger partial charge in [-0.3, -0.25) is 0 Å². The van der Waals surface area contributed by atoms with Crippen LogP contribution < -0.4 is 10.6 Å². The maximum Gasteiger partial charge on any atom is 0.298 e. The van der Waals surface area contributed by atoms with E-state index in [1.54, 1.807) is 0 Å². The van der Waals surface area contributed by atoms with E-state index in [0.717, 1.165) is 22.1 Å². The molecule has 1 heterocycles. The Morgan fingerprint density at radius 2 is 2.33 bits per heavy atom. The molecule has 2 aromatic rings. The van der Waals surface area contributed by atoms with Crippen molar-refractivity contribution in [1.29, 1.82) is 0 Å². The first-order valence-electron chi connectivity index (χ1n) is 4.68. The molecular formula is C10H12BrN3O. The normalized spacial score (nSPS) is 10.9. The van der Waals surface area contributed by atoms with E-state index in [2.05, 4.69) is 20.9 Å². The molecule has 15 heavy (non-hydrogen) atoms. The second-order valence-corrected chi connectivity index (χ2v) is 4.15. The summed E-state index contributed by atoms with van der Waals surface area (Å²) >= 11 is 3.42. The molecule has 0 bridgehead atoms. The van der Waals surface area contributed by atoms with Crippen LogP contribution in [0.3, 0.4) is 0 Å². The van der Waals surface area contributed by atoms with Gasteiger partial charge in [0.25, 0.3) is 6.01 Å². The Bertz CT molecular complexity index is 469. The van der Waals surface area contributed by atoms with Gasteiger partial charge in [0.05, 0.1) is 4.47 Å². The fraction of sp³-hybridized carbons (Fsp3) is 0.300. The molecule has 2 N–H and O–H groups in total. The molecule has 0 aliphatic carbocycles. The van der Waals surface area contributed by atoms with E-state index in [1.807, 2.05) is 30.1 Å². The lowest BCUT2D eigenvalue weighted by Crippen LogP contribution is -2.25. The molecular weight excluding hydrogens is 258 g/mol. The molecule has 1 aromatic heterocycles. The number of aromatic nitrogens is 1. The summed E-state index contributed by atoms with van der Waals surface area (Å²) in [6.45, 7) is 1.31. The number of hydrogen-bond acceptors (Lipinski definition) is 4. The highest BCUT2D eigenvalue weighted by Gasteiger charge is 2.11. The third-order valence-corrected chi connectivity index (χ3v) is 2.77. The van der Waals surface area contributed by atoms with E-state index in [4.69, 9.17) is 10.2 Å². The van der Waals surface area contributed by atoms with E-state index in [0.29, 0.717) is 12.6 Å². The maximum absolute atomic E-state index is 5.63. The molecule has 0 unspecified atom stereocenters. The van der Waals surface area contributed by atoms with E-state index in [-0.39, 0.29) is 0 Å². The molecule has 2 rings (SSSR count). The van der Waals surface area contributed by atoms with Gasteiger partial charge in [0.15, 0.2) is 5.58 Å². The summed E-state index contributed by atoms with van der Waals surface area (Å²) in [5.74, 6) is 0. The average molecular weight is 270 g/mol. The Labute approximate surface area is 96.2 Å².